The third-order valence-electron chi connectivity index (χ3n) is 3.61. The molecule has 3 rings (SSSR count). The number of carbonyl (C=O) groups excluding carboxylic acids is 1. The fourth-order valence-electron chi connectivity index (χ4n) is 2.43. The van der Waals surface area contributed by atoms with Crippen molar-refractivity contribution >= 4 is 19.5 Å². The van der Waals surface area contributed by atoms with Gasteiger partial charge in [0.15, 0.2) is 0 Å². The predicted octanol–water partition coefficient (Wildman–Crippen LogP) is 5.92. The minimum Gasteiger partial charge on any atom is -0.449 e. The summed E-state index contributed by atoms with van der Waals surface area (Å²) in [5, 5.41) is 0. The second-order valence-corrected chi connectivity index (χ2v) is 7.33. The number of ether oxygens (including phenoxy) is 1. The lowest BCUT2D eigenvalue weighted by Gasteiger charge is -2.29. The van der Waals surface area contributed by atoms with E-state index in [-0.39, 0.29) is 6.61 Å². The van der Waals surface area contributed by atoms with Gasteiger partial charge in [0.05, 0.1) is 12.3 Å². The molecule has 0 spiro atoms. The number of para-hydroxylation sites is 3. The van der Waals surface area contributed by atoms with E-state index in [9.17, 15) is 9.36 Å². The summed E-state index contributed by atoms with van der Waals surface area (Å²) in [6.45, 7) is 1.78. The Balaban J connectivity index is 2.07. The molecule has 144 valence electrons. The van der Waals surface area contributed by atoms with E-state index in [1.54, 1.807) is 97.9 Å². The van der Waals surface area contributed by atoms with Gasteiger partial charge in [0, 0.05) is 0 Å². The van der Waals surface area contributed by atoms with Crippen LogP contribution in [0.2, 0.25) is 0 Å². The number of nitrogens with zero attached hydrogens (tertiary/aromatic N) is 1. The molecule has 3 aromatic rings. The molecule has 0 saturated heterocycles. The van der Waals surface area contributed by atoms with Gasteiger partial charge in [0.2, 0.25) is 0 Å². The van der Waals surface area contributed by atoms with Crippen LogP contribution in [0.25, 0.3) is 0 Å². The molecule has 0 aliphatic rings. The number of hydrogen-bond donors (Lipinski definition) is 0. The van der Waals surface area contributed by atoms with Gasteiger partial charge in [-0.3, -0.25) is 0 Å². The first-order valence-electron chi connectivity index (χ1n) is 8.74. The van der Waals surface area contributed by atoms with Crippen molar-refractivity contribution in [1.29, 1.82) is 0 Å². The van der Waals surface area contributed by atoms with Crippen molar-refractivity contribution in [2.75, 3.05) is 11.3 Å². The van der Waals surface area contributed by atoms with E-state index in [4.69, 9.17) is 13.8 Å². The summed E-state index contributed by atoms with van der Waals surface area (Å²) < 4.78 is 31.5. The van der Waals surface area contributed by atoms with Crippen molar-refractivity contribution < 1.29 is 23.1 Å². The van der Waals surface area contributed by atoms with E-state index in [1.807, 2.05) is 0 Å². The minimum absolute atomic E-state index is 0.110. The zero-order chi connectivity index (χ0) is 19.8. The average Bonchev–Trinajstić information content (AvgIpc) is 2.70. The third-order valence-corrected chi connectivity index (χ3v) is 5.38. The second kappa shape index (κ2) is 9.11. The van der Waals surface area contributed by atoms with Crippen LogP contribution in [0.4, 0.5) is 10.5 Å². The number of amides is 1. The lowest BCUT2D eigenvalue weighted by Crippen LogP contribution is -2.32. The van der Waals surface area contributed by atoms with Crippen LogP contribution in [0.1, 0.15) is 6.92 Å². The maximum atomic E-state index is 13.9. The highest BCUT2D eigenvalue weighted by Gasteiger charge is 2.43. The van der Waals surface area contributed by atoms with Crippen LogP contribution in [-0.2, 0) is 9.30 Å². The highest BCUT2D eigenvalue weighted by atomic mass is 31.2. The molecule has 0 radical (unpaired) electrons. The molecule has 0 fully saturated rings. The Bertz CT molecular complexity index is 889. The van der Waals surface area contributed by atoms with Gasteiger partial charge >= 0.3 is 13.8 Å². The van der Waals surface area contributed by atoms with Crippen molar-refractivity contribution in [1.82, 2.24) is 0 Å². The van der Waals surface area contributed by atoms with Crippen LogP contribution in [0.3, 0.4) is 0 Å². The molecule has 0 saturated carbocycles. The van der Waals surface area contributed by atoms with E-state index >= 15 is 0 Å². The Hall–Kier alpha value is -3.24. The molecule has 6 nitrogen and oxygen atoms in total. The van der Waals surface area contributed by atoms with Crippen molar-refractivity contribution in [3.05, 3.63) is 91.0 Å². The van der Waals surface area contributed by atoms with Crippen molar-refractivity contribution in [2.45, 2.75) is 6.92 Å². The van der Waals surface area contributed by atoms with Crippen LogP contribution < -0.4 is 13.7 Å². The number of carbonyl (C=O) groups is 1. The molecule has 1 amide bonds. The zero-order valence-corrected chi connectivity index (χ0v) is 16.2. The second-order valence-electron chi connectivity index (χ2n) is 5.62. The quantitative estimate of drug-likeness (QED) is 0.463. The van der Waals surface area contributed by atoms with Gasteiger partial charge in [-0.25, -0.2) is 9.36 Å². The molecule has 0 heterocycles. The molecule has 0 aliphatic carbocycles. The number of hydrogen-bond acceptors (Lipinski definition) is 5. The van der Waals surface area contributed by atoms with Crippen molar-refractivity contribution in [3.8, 4) is 11.5 Å². The lowest BCUT2D eigenvalue weighted by atomic mass is 10.3. The molecule has 0 bridgehead atoms. The average molecular weight is 397 g/mol. The number of anilines is 1. The SMILES string of the molecule is CCOC(=O)N(c1ccccc1)P(=O)(Oc1ccccc1)Oc1ccccc1. The maximum Gasteiger partial charge on any atom is 0.553 e. The van der Waals surface area contributed by atoms with Crippen molar-refractivity contribution in [2.24, 2.45) is 0 Å². The Morgan fingerprint density at radius 3 is 1.64 bits per heavy atom. The van der Waals surface area contributed by atoms with E-state index in [0.717, 1.165) is 4.67 Å². The summed E-state index contributed by atoms with van der Waals surface area (Å²) in [6.07, 6.45) is -0.830. The van der Waals surface area contributed by atoms with E-state index in [2.05, 4.69) is 0 Å². The van der Waals surface area contributed by atoms with Gasteiger partial charge in [-0.05, 0) is 43.3 Å². The van der Waals surface area contributed by atoms with Crippen LogP contribution in [0.15, 0.2) is 91.0 Å². The zero-order valence-electron chi connectivity index (χ0n) is 15.3. The molecular weight excluding hydrogens is 377 g/mol. The Labute approximate surface area is 163 Å². The molecule has 0 aromatic heterocycles. The highest BCUT2D eigenvalue weighted by molar-refractivity contribution is 7.57. The molecule has 28 heavy (non-hydrogen) atoms. The molecule has 0 N–H and O–H groups in total. The predicted molar refractivity (Wildman–Crippen MR) is 108 cm³/mol. The number of benzene rings is 3. The molecule has 0 aliphatic heterocycles. The Morgan fingerprint density at radius 1 is 0.786 bits per heavy atom. The van der Waals surface area contributed by atoms with Gasteiger partial charge in [-0.15, -0.1) is 0 Å². The third kappa shape index (κ3) is 4.72. The summed E-state index contributed by atoms with van der Waals surface area (Å²) in [5.74, 6) is 0.596. The number of rotatable bonds is 7. The fourth-order valence-corrected chi connectivity index (χ4v) is 4.08. The first kappa shape index (κ1) is 19.5. The first-order chi connectivity index (χ1) is 13.6. The monoisotopic (exact) mass is 397 g/mol. The molecule has 7 heteroatoms. The standard InChI is InChI=1S/C21H20NO5P/c1-2-25-21(23)22(18-12-6-3-7-13-18)28(24,26-19-14-8-4-9-15-19)27-20-16-10-5-11-17-20/h3-17H,2H2,1H3. The normalized spacial score (nSPS) is 10.8. The Morgan fingerprint density at radius 2 is 1.21 bits per heavy atom. The first-order valence-corrected chi connectivity index (χ1v) is 10.2. The summed E-state index contributed by atoms with van der Waals surface area (Å²) in [5.41, 5.74) is 0.330. The smallest absolute Gasteiger partial charge is 0.449 e. The van der Waals surface area contributed by atoms with Crippen LogP contribution in [-0.4, -0.2) is 12.7 Å². The summed E-state index contributed by atoms with van der Waals surface area (Å²) in [7, 11) is -4.22. The summed E-state index contributed by atoms with van der Waals surface area (Å²) >= 11 is 0. The van der Waals surface area contributed by atoms with Gasteiger partial charge in [-0.1, -0.05) is 54.6 Å². The van der Waals surface area contributed by atoms with Crippen molar-refractivity contribution in [3.63, 3.8) is 0 Å². The van der Waals surface area contributed by atoms with Crippen LogP contribution in [0.5, 0.6) is 11.5 Å². The van der Waals surface area contributed by atoms with Gasteiger partial charge in [0.1, 0.15) is 11.5 Å². The lowest BCUT2D eigenvalue weighted by molar-refractivity contribution is 0.162. The molecule has 0 atom stereocenters. The highest BCUT2D eigenvalue weighted by Crippen LogP contribution is 2.54. The maximum absolute atomic E-state index is 13.9. The van der Waals surface area contributed by atoms with E-state index in [1.165, 1.54) is 0 Å². The molecule has 3 aromatic carbocycles. The van der Waals surface area contributed by atoms with E-state index < -0.39 is 13.8 Å². The topological polar surface area (TPSA) is 65.1 Å². The van der Waals surface area contributed by atoms with Gasteiger partial charge < -0.3 is 13.8 Å². The largest absolute Gasteiger partial charge is 0.553 e. The van der Waals surface area contributed by atoms with Gasteiger partial charge in [-0.2, -0.15) is 4.67 Å². The summed E-state index contributed by atoms with van der Waals surface area (Å²) in [4.78, 5) is 12.7. The minimum atomic E-state index is -4.22. The van der Waals surface area contributed by atoms with E-state index in [0.29, 0.717) is 17.2 Å². The van der Waals surface area contributed by atoms with Crippen LogP contribution >= 0.6 is 7.75 Å². The summed E-state index contributed by atoms with van der Waals surface area (Å²) in [6, 6.07) is 25.6. The molecular formula is C21H20NO5P. The van der Waals surface area contributed by atoms with Crippen LogP contribution in [0, 0.1) is 0 Å². The Kier molecular flexibility index (Phi) is 6.35. The fraction of sp³-hybridized carbons (Fsp3) is 0.0952. The van der Waals surface area contributed by atoms with Gasteiger partial charge in [0.25, 0.3) is 0 Å². The molecule has 0 unspecified atom stereocenters.